The van der Waals surface area contributed by atoms with Gasteiger partial charge in [-0.3, -0.25) is 4.79 Å². The Hall–Kier alpha value is -2.32. The van der Waals surface area contributed by atoms with Gasteiger partial charge in [0.15, 0.2) is 11.6 Å². The molecule has 29 heavy (non-hydrogen) atoms. The highest BCUT2D eigenvalue weighted by atomic mass is 32.2. The first-order valence-corrected chi connectivity index (χ1v) is 11.1. The number of amides is 1. The predicted molar refractivity (Wildman–Crippen MR) is 107 cm³/mol. The van der Waals surface area contributed by atoms with Crippen LogP contribution in [-0.4, -0.2) is 31.7 Å². The summed E-state index contributed by atoms with van der Waals surface area (Å²) in [5, 5.41) is 2.69. The fraction of sp³-hybridized carbons (Fsp3) is 0.381. The molecule has 1 aliphatic heterocycles. The van der Waals surface area contributed by atoms with E-state index in [9.17, 15) is 22.0 Å². The Labute approximate surface area is 169 Å². The molecule has 8 heteroatoms. The first-order valence-electron chi connectivity index (χ1n) is 9.62. The molecule has 1 aliphatic rings. The Morgan fingerprint density at radius 2 is 1.76 bits per heavy atom. The van der Waals surface area contributed by atoms with Crippen molar-refractivity contribution in [2.75, 3.05) is 18.4 Å². The number of nitrogens with zero attached hydrogens (tertiary/aromatic N) is 1. The van der Waals surface area contributed by atoms with Gasteiger partial charge in [-0.05, 0) is 61.6 Å². The molecule has 1 heterocycles. The smallest absolute Gasteiger partial charge is 0.243 e. The van der Waals surface area contributed by atoms with Crippen molar-refractivity contribution in [2.24, 2.45) is 0 Å². The first kappa shape index (κ1) is 21.4. The lowest BCUT2D eigenvalue weighted by molar-refractivity contribution is -0.116. The third-order valence-electron chi connectivity index (χ3n) is 5.03. The number of nitrogens with one attached hydrogen (secondary N) is 1. The van der Waals surface area contributed by atoms with Gasteiger partial charge in [-0.2, -0.15) is 4.31 Å². The lowest BCUT2D eigenvalue weighted by Crippen LogP contribution is -2.36. The number of benzene rings is 2. The maximum absolute atomic E-state index is 13.3. The van der Waals surface area contributed by atoms with Gasteiger partial charge in [0.1, 0.15) is 0 Å². The van der Waals surface area contributed by atoms with E-state index in [1.165, 1.54) is 16.4 Å². The molecule has 1 saturated heterocycles. The van der Waals surface area contributed by atoms with Crippen LogP contribution in [0.2, 0.25) is 0 Å². The molecule has 2 aromatic rings. The number of anilines is 1. The maximum atomic E-state index is 13.3. The molecule has 0 aromatic heterocycles. The molecule has 1 amide bonds. The van der Waals surface area contributed by atoms with Gasteiger partial charge in [0, 0.05) is 25.2 Å². The quantitative estimate of drug-likeness (QED) is 0.765. The van der Waals surface area contributed by atoms with Crippen LogP contribution < -0.4 is 5.32 Å². The van der Waals surface area contributed by atoms with Gasteiger partial charge in [0.25, 0.3) is 0 Å². The molecule has 0 radical (unpaired) electrons. The van der Waals surface area contributed by atoms with Crippen LogP contribution in [0, 0.1) is 18.6 Å². The highest BCUT2D eigenvalue weighted by Gasteiger charge is 2.27. The summed E-state index contributed by atoms with van der Waals surface area (Å²) in [7, 11) is -3.61. The molecular formula is C21H24F2N2O3S. The summed E-state index contributed by atoms with van der Waals surface area (Å²) < 4.78 is 53.7. The second-order valence-corrected chi connectivity index (χ2v) is 9.15. The highest BCUT2D eigenvalue weighted by Crippen LogP contribution is 2.26. The summed E-state index contributed by atoms with van der Waals surface area (Å²) in [4.78, 5) is 12.4. The number of hydrogen-bond donors (Lipinski definition) is 1. The monoisotopic (exact) mass is 422 g/mol. The zero-order valence-electron chi connectivity index (χ0n) is 16.2. The number of carbonyl (C=O) groups is 1. The Morgan fingerprint density at radius 1 is 1.03 bits per heavy atom. The van der Waals surface area contributed by atoms with E-state index in [0.717, 1.165) is 31.4 Å². The van der Waals surface area contributed by atoms with Crippen LogP contribution in [-0.2, 0) is 21.2 Å². The van der Waals surface area contributed by atoms with Crippen molar-refractivity contribution < 1.29 is 22.0 Å². The number of hydrogen-bond acceptors (Lipinski definition) is 3. The van der Waals surface area contributed by atoms with Gasteiger partial charge in [0.05, 0.1) is 4.90 Å². The van der Waals surface area contributed by atoms with Crippen molar-refractivity contribution in [1.82, 2.24) is 4.31 Å². The van der Waals surface area contributed by atoms with E-state index in [1.54, 1.807) is 19.1 Å². The van der Waals surface area contributed by atoms with Crippen LogP contribution in [0.5, 0.6) is 0 Å². The second kappa shape index (κ2) is 9.00. The minimum Gasteiger partial charge on any atom is -0.326 e. The van der Waals surface area contributed by atoms with Gasteiger partial charge in [-0.1, -0.05) is 18.6 Å². The Kier molecular flexibility index (Phi) is 6.64. The van der Waals surface area contributed by atoms with Gasteiger partial charge in [0.2, 0.25) is 15.9 Å². The molecular weight excluding hydrogens is 398 g/mol. The molecule has 156 valence electrons. The van der Waals surface area contributed by atoms with Crippen LogP contribution in [0.25, 0.3) is 0 Å². The van der Waals surface area contributed by atoms with Gasteiger partial charge in [-0.15, -0.1) is 0 Å². The maximum Gasteiger partial charge on any atom is 0.243 e. The molecule has 3 rings (SSSR count). The van der Waals surface area contributed by atoms with E-state index in [0.29, 0.717) is 29.9 Å². The van der Waals surface area contributed by atoms with E-state index in [4.69, 9.17) is 0 Å². The molecule has 0 spiro atoms. The fourth-order valence-corrected chi connectivity index (χ4v) is 5.14. The summed E-state index contributed by atoms with van der Waals surface area (Å²) in [5.41, 5.74) is 1.52. The van der Waals surface area contributed by atoms with Crippen molar-refractivity contribution >= 4 is 21.6 Å². The van der Waals surface area contributed by atoms with Crippen molar-refractivity contribution in [3.8, 4) is 0 Å². The molecule has 0 aliphatic carbocycles. The Balaban J connectivity index is 1.68. The number of rotatable bonds is 6. The van der Waals surface area contributed by atoms with Gasteiger partial charge >= 0.3 is 0 Å². The van der Waals surface area contributed by atoms with Crippen molar-refractivity contribution in [3.05, 3.63) is 59.2 Å². The van der Waals surface area contributed by atoms with E-state index in [2.05, 4.69) is 5.32 Å². The third-order valence-corrected chi connectivity index (χ3v) is 7.07. The standard InChI is InChI=1S/C21H24F2N2O3S/c1-15-5-8-17(14-20(15)29(27,28)25-11-3-2-4-12-25)24-21(26)10-7-16-6-9-18(22)19(23)13-16/h5-6,8-9,13-14H,2-4,7,10-12H2,1H3,(H,24,26). The van der Waals surface area contributed by atoms with Crippen molar-refractivity contribution in [2.45, 2.75) is 43.9 Å². The molecule has 0 atom stereocenters. The lowest BCUT2D eigenvalue weighted by atomic mass is 10.1. The fourth-order valence-electron chi connectivity index (χ4n) is 3.38. The first-order chi connectivity index (χ1) is 13.8. The molecule has 1 fully saturated rings. The minimum absolute atomic E-state index is 0.0627. The molecule has 5 nitrogen and oxygen atoms in total. The summed E-state index contributed by atoms with van der Waals surface area (Å²) in [5.74, 6) is -2.21. The number of carbonyl (C=O) groups excluding carboxylic acids is 1. The van der Waals surface area contributed by atoms with E-state index >= 15 is 0 Å². The zero-order valence-corrected chi connectivity index (χ0v) is 17.1. The van der Waals surface area contributed by atoms with E-state index < -0.39 is 21.7 Å². The topological polar surface area (TPSA) is 66.5 Å². The van der Waals surface area contributed by atoms with Crippen molar-refractivity contribution in [3.63, 3.8) is 0 Å². The van der Waals surface area contributed by atoms with Crippen LogP contribution >= 0.6 is 0 Å². The Bertz CT molecular complexity index is 1000. The summed E-state index contributed by atoms with van der Waals surface area (Å²) in [6.07, 6.45) is 3.03. The Morgan fingerprint density at radius 3 is 2.45 bits per heavy atom. The summed E-state index contributed by atoms with van der Waals surface area (Å²) >= 11 is 0. The van der Waals surface area contributed by atoms with Gasteiger partial charge in [-0.25, -0.2) is 17.2 Å². The number of sulfonamides is 1. The molecule has 1 N–H and O–H groups in total. The SMILES string of the molecule is Cc1ccc(NC(=O)CCc2ccc(F)c(F)c2)cc1S(=O)(=O)N1CCCCC1. The van der Waals surface area contributed by atoms with E-state index in [1.807, 2.05) is 0 Å². The minimum atomic E-state index is -3.61. The summed E-state index contributed by atoms with van der Waals surface area (Å²) in [6.45, 7) is 2.74. The normalized spacial score (nSPS) is 15.3. The van der Waals surface area contributed by atoms with E-state index in [-0.39, 0.29) is 23.6 Å². The summed E-state index contributed by atoms with van der Waals surface area (Å²) in [6, 6.07) is 8.33. The molecule has 0 bridgehead atoms. The number of piperidine rings is 1. The lowest BCUT2D eigenvalue weighted by Gasteiger charge is -2.26. The largest absolute Gasteiger partial charge is 0.326 e. The van der Waals surface area contributed by atoms with Crippen LogP contribution in [0.3, 0.4) is 0 Å². The van der Waals surface area contributed by atoms with Gasteiger partial charge < -0.3 is 5.32 Å². The third kappa shape index (κ3) is 5.19. The average Bonchev–Trinajstić information content (AvgIpc) is 2.71. The molecule has 0 unspecified atom stereocenters. The van der Waals surface area contributed by atoms with Crippen LogP contribution in [0.1, 0.15) is 36.8 Å². The highest BCUT2D eigenvalue weighted by molar-refractivity contribution is 7.89. The predicted octanol–water partition coefficient (Wildman–Crippen LogP) is 4.02. The molecule has 0 saturated carbocycles. The number of aryl methyl sites for hydroxylation is 2. The zero-order chi connectivity index (χ0) is 21.0. The second-order valence-electron chi connectivity index (χ2n) is 7.24. The van der Waals surface area contributed by atoms with Crippen LogP contribution in [0.4, 0.5) is 14.5 Å². The average molecular weight is 422 g/mol. The molecule has 2 aromatic carbocycles. The number of halogens is 2. The van der Waals surface area contributed by atoms with Crippen LogP contribution in [0.15, 0.2) is 41.3 Å². The van der Waals surface area contributed by atoms with Crippen molar-refractivity contribution in [1.29, 1.82) is 0 Å².